The Bertz CT molecular complexity index is 1240. The number of urea groups is 1. The predicted octanol–water partition coefficient (Wildman–Crippen LogP) is 5.70. The van der Waals surface area contributed by atoms with Gasteiger partial charge in [0.2, 0.25) is 5.79 Å². The molecule has 8 heteroatoms. The molecule has 0 saturated heterocycles. The number of ether oxygens (including phenoxy) is 2. The molecule has 0 radical (unpaired) electrons. The van der Waals surface area contributed by atoms with E-state index in [9.17, 15) is 13.6 Å². The Balaban J connectivity index is 1.41. The van der Waals surface area contributed by atoms with E-state index in [2.05, 4.69) is 10.7 Å². The molecular weight excluding hydrogens is 440 g/mol. The van der Waals surface area contributed by atoms with E-state index >= 15 is 0 Å². The highest BCUT2D eigenvalue weighted by molar-refractivity contribution is 5.99. The van der Waals surface area contributed by atoms with E-state index in [1.54, 1.807) is 30.3 Å². The summed E-state index contributed by atoms with van der Waals surface area (Å²) in [6, 6.07) is 15.2. The highest BCUT2D eigenvalue weighted by Crippen LogP contribution is 2.42. The van der Waals surface area contributed by atoms with E-state index < -0.39 is 11.8 Å². The van der Waals surface area contributed by atoms with Crippen LogP contribution in [0.4, 0.5) is 19.3 Å². The van der Waals surface area contributed by atoms with Crippen molar-refractivity contribution in [1.82, 2.24) is 10.4 Å². The monoisotopic (exact) mass is 463 g/mol. The van der Waals surface area contributed by atoms with Gasteiger partial charge in [0, 0.05) is 31.2 Å². The predicted molar refractivity (Wildman–Crippen MR) is 125 cm³/mol. The molecule has 0 aromatic heterocycles. The molecule has 5 rings (SSSR count). The second kappa shape index (κ2) is 8.06. The molecule has 0 fully saturated rings. The summed E-state index contributed by atoms with van der Waals surface area (Å²) in [6.45, 7) is 5.72. The number of rotatable bonds is 3. The Labute approximate surface area is 195 Å². The lowest BCUT2D eigenvalue weighted by molar-refractivity contribution is -0.0431. The number of fused-ring (bicyclic) bond motifs is 1. The third-order valence-electron chi connectivity index (χ3n) is 5.68. The van der Waals surface area contributed by atoms with Gasteiger partial charge in [-0.1, -0.05) is 12.1 Å². The molecule has 2 amide bonds. The van der Waals surface area contributed by atoms with Gasteiger partial charge < -0.3 is 14.8 Å². The Morgan fingerprint density at radius 3 is 2.12 bits per heavy atom. The summed E-state index contributed by atoms with van der Waals surface area (Å²) in [5, 5.41) is 4.34. The van der Waals surface area contributed by atoms with E-state index in [0.29, 0.717) is 28.4 Å². The van der Waals surface area contributed by atoms with Crippen LogP contribution in [0.2, 0.25) is 0 Å². The largest absolute Gasteiger partial charge is 0.449 e. The molecule has 0 bridgehead atoms. The van der Waals surface area contributed by atoms with Crippen LogP contribution >= 0.6 is 0 Å². The Hall–Kier alpha value is -4.07. The van der Waals surface area contributed by atoms with Gasteiger partial charge in [-0.15, -0.1) is 0 Å². The minimum Gasteiger partial charge on any atom is -0.449 e. The van der Waals surface area contributed by atoms with Crippen molar-refractivity contribution in [2.45, 2.75) is 26.6 Å². The first-order valence-electron chi connectivity index (χ1n) is 10.8. The lowest BCUT2D eigenvalue weighted by atomic mass is 10.0. The number of aryl methyl sites for hydroxylation is 1. The SMILES string of the molecule is Cc1cc2c(cc1NC(=O)N1CC(c3ccc(F)cc3)=C(c3ccc(F)cc3)N1)OC(C)(C)O2. The van der Waals surface area contributed by atoms with Gasteiger partial charge >= 0.3 is 6.03 Å². The highest BCUT2D eigenvalue weighted by atomic mass is 19.1. The number of carbonyl (C=O) groups is 1. The van der Waals surface area contributed by atoms with Crippen molar-refractivity contribution >= 4 is 23.0 Å². The molecule has 0 saturated carbocycles. The third kappa shape index (κ3) is 4.14. The zero-order valence-corrected chi connectivity index (χ0v) is 18.9. The molecule has 3 aromatic rings. The summed E-state index contributed by atoms with van der Waals surface area (Å²) in [7, 11) is 0. The number of anilines is 1. The molecule has 6 nitrogen and oxygen atoms in total. The Morgan fingerprint density at radius 1 is 0.941 bits per heavy atom. The second-order valence-corrected chi connectivity index (χ2v) is 8.71. The van der Waals surface area contributed by atoms with Crippen LogP contribution in [0.3, 0.4) is 0 Å². The summed E-state index contributed by atoms with van der Waals surface area (Å²) < 4.78 is 38.5. The van der Waals surface area contributed by atoms with Gasteiger partial charge in [0.25, 0.3) is 0 Å². The molecule has 2 heterocycles. The van der Waals surface area contributed by atoms with Crippen molar-refractivity contribution in [3.05, 3.63) is 89.0 Å². The zero-order chi connectivity index (χ0) is 24.0. The molecule has 3 aromatic carbocycles. The van der Waals surface area contributed by atoms with E-state index in [1.807, 2.05) is 26.8 Å². The fourth-order valence-corrected chi connectivity index (χ4v) is 4.03. The number of hydrogen-bond donors (Lipinski definition) is 2. The fourth-order valence-electron chi connectivity index (χ4n) is 4.03. The number of amides is 2. The van der Waals surface area contributed by atoms with Crippen molar-refractivity contribution in [3.8, 4) is 11.5 Å². The maximum atomic E-state index is 13.5. The van der Waals surface area contributed by atoms with Gasteiger partial charge in [0.05, 0.1) is 12.2 Å². The average Bonchev–Trinajstić information content (AvgIpc) is 3.35. The molecule has 174 valence electrons. The molecule has 2 aliphatic rings. The van der Waals surface area contributed by atoms with Crippen molar-refractivity contribution in [2.75, 3.05) is 11.9 Å². The first-order valence-corrected chi connectivity index (χ1v) is 10.8. The normalized spacial score (nSPS) is 16.0. The lowest BCUT2D eigenvalue weighted by Gasteiger charge is -2.20. The minimum atomic E-state index is -0.772. The summed E-state index contributed by atoms with van der Waals surface area (Å²) >= 11 is 0. The maximum Gasteiger partial charge on any atom is 0.340 e. The Morgan fingerprint density at radius 2 is 1.50 bits per heavy atom. The van der Waals surface area contributed by atoms with Crippen LogP contribution in [0.1, 0.15) is 30.5 Å². The summed E-state index contributed by atoms with van der Waals surface area (Å²) in [5.41, 5.74) is 7.42. The van der Waals surface area contributed by atoms with E-state index in [-0.39, 0.29) is 18.2 Å². The molecule has 0 unspecified atom stereocenters. The van der Waals surface area contributed by atoms with Gasteiger partial charge in [-0.25, -0.2) is 18.6 Å². The second-order valence-electron chi connectivity index (χ2n) is 8.71. The van der Waals surface area contributed by atoms with Crippen LogP contribution < -0.4 is 20.2 Å². The first kappa shape index (κ1) is 21.8. The van der Waals surface area contributed by atoms with Crippen molar-refractivity contribution in [2.24, 2.45) is 0 Å². The summed E-state index contributed by atoms with van der Waals surface area (Å²) in [6.07, 6.45) is 0. The van der Waals surface area contributed by atoms with Gasteiger partial charge in [0.15, 0.2) is 11.5 Å². The number of nitrogens with zero attached hydrogens (tertiary/aromatic N) is 1. The highest BCUT2D eigenvalue weighted by Gasteiger charge is 2.33. The van der Waals surface area contributed by atoms with E-state index in [1.165, 1.54) is 29.3 Å². The van der Waals surface area contributed by atoms with Crippen LogP contribution in [0, 0.1) is 18.6 Å². The topological polar surface area (TPSA) is 62.8 Å². The number of carbonyl (C=O) groups excluding carboxylic acids is 1. The van der Waals surface area contributed by atoms with Crippen molar-refractivity contribution in [3.63, 3.8) is 0 Å². The van der Waals surface area contributed by atoms with Gasteiger partial charge in [-0.3, -0.25) is 5.43 Å². The third-order valence-corrected chi connectivity index (χ3v) is 5.68. The average molecular weight is 463 g/mol. The Kier molecular flexibility index (Phi) is 5.16. The van der Waals surface area contributed by atoms with Crippen molar-refractivity contribution in [1.29, 1.82) is 0 Å². The van der Waals surface area contributed by atoms with Crippen LogP contribution in [-0.4, -0.2) is 23.4 Å². The molecule has 0 aliphatic carbocycles. The standard InChI is InChI=1S/C26H23F2N3O3/c1-15-12-22-23(34-26(2,3)33-22)13-21(15)29-25(32)31-14-20(16-4-8-18(27)9-5-16)24(30-31)17-6-10-19(28)11-7-17/h4-13,30H,14H2,1-3H3,(H,29,32). The van der Waals surface area contributed by atoms with Crippen LogP contribution in [0.15, 0.2) is 60.7 Å². The molecular formula is C26H23F2N3O3. The van der Waals surface area contributed by atoms with Gasteiger partial charge in [-0.05, 0) is 66.1 Å². The van der Waals surface area contributed by atoms with Crippen molar-refractivity contribution < 1.29 is 23.0 Å². The lowest BCUT2D eigenvalue weighted by Crippen LogP contribution is -2.40. The van der Waals surface area contributed by atoms with Gasteiger partial charge in [-0.2, -0.15) is 0 Å². The minimum absolute atomic E-state index is 0.223. The smallest absolute Gasteiger partial charge is 0.340 e. The molecule has 2 aliphatic heterocycles. The van der Waals surface area contributed by atoms with Gasteiger partial charge in [0.1, 0.15) is 11.6 Å². The molecule has 0 spiro atoms. The number of halogens is 2. The molecule has 34 heavy (non-hydrogen) atoms. The zero-order valence-electron chi connectivity index (χ0n) is 18.9. The molecule has 0 atom stereocenters. The number of benzene rings is 3. The summed E-state index contributed by atoms with van der Waals surface area (Å²) in [5.74, 6) is -0.307. The number of hydrazine groups is 1. The van der Waals surface area contributed by atoms with E-state index in [4.69, 9.17) is 9.47 Å². The maximum absolute atomic E-state index is 13.5. The summed E-state index contributed by atoms with van der Waals surface area (Å²) in [4.78, 5) is 13.2. The quantitative estimate of drug-likeness (QED) is 0.523. The van der Waals surface area contributed by atoms with Crippen LogP contribution in [0.5, 0.6) is 11.5 Å². The van der Waals surface area contributed by atoms with Crippen LogP contribution in [0.25, 0.3) is 11.3 Å². The first-order chi connectivity index (χ1) is 16.2. The number of hydrogen-bond acceptors (Lipinski definition) is 4. The van der Waals surface area contributed by atoms with E-state index in [0.717, 1.165) is 16.7 Å². The fraction of sp³-hybridized carbons (Fsp3) is 0.192. The molecule has 2 N–H and O–H groups in total. The number of nitrogens with one attached hydrogen (secondary N) is 2. The van der Waals surface area contributed by atoms with Crippen LogP contribution in [-0.2, 0) is 0 Å².